The van der Waals surface area contributed by atoms with Gasteiger partial charge >= 0.3 is 6.61 Å². The average molecular weight is 421 g/mol. The normalized spacial score (nSPS) is 16.7. The van der Waals surface area contributed by atoms with Crippen LogP contribution in [0.3, 0.4) is 0 Å². The number of carbonyl (C=O) groups is 1. The van der Waals surface area contributed by atoms with Gasteiger partial charge in [0.05, 0.1) is 6.04 Å². The number of hydrogen-bond donors (Lipinski definition) is 2. The number of rotatable bonds is 6. The van der Waals surface area contributed by atoms with Crippen LogP contribution in [0.1, 0.15) is 34.9 Å². The van der Waals surface area contributed by atoms with Gasteiger partial charge in [0.2, 0.25) is 0 Å². The minimum atomic E-state index is -2.95. The van der Waals surface area contributed by atoms with Crippen LogP contribution in [0.15, 0.2) is 30.5 Å². The van der Waals surface area contributed by atoms with Crippen molar-refractivity contribution >= 4 is 29.9 Å². The molecule has 1 saturated heterocycles. The Hall–Kier alpha value is -1.90. The van der Waals surface area contributed by atoms with Crippen molar-refractivity contribution in [2.24, 2.45) is 0 Å². The first kappa shape index (κ1) is 21.4. The van der Waals surface area contributed by atoms with Crippen LogP contribution >= 0.6 is 24.0 Å². The number of amides is 1. The average Bonchev–Trinajstić information content (AvgIpc) is 3.12. The predicted molar refractivity (Wildman–Crippen MR) is 99.9 cm³/mol. The molecule has 1 aromatic heterocycles. The lowest BCUT2D eigenvalue weighted by Crippen LogP contribution is -2.32. The largest absolute Gasteiger partial charge is 0.434 e. The molecule has 1 unspecified atom stereocenters. The molecule has 0 saturated carbocycles. The third-order valence-corrected chi connectivity index (χ3v) is 4.40. The smallest absolute Gasteiger partial charge is 0.387 e. The van der Waals surface area contributed by atoms with E-state index in [0.29, 0.717) is 10.6 Å². The molecule has 2 aromatic rings. The van der Waals surface area contributed by atoms with Gasteiger partial charge in [-0.2, -0.15) is 13.9 Å². The molecule has 0 radical (unpaired) electrons. The van der Waals surface area contributed by atoms with Crippen LogP contribution in [0, 0.1) is 0 Å². The Kier molecular flexibility index (Phi) is 7.82. The summed E-state index contributed by atoms with van der Waals surface area (Å²) in [6.07, 6.45) is 3.84. The second-order valence-corrected chi connectivity index (χ2v) is 6.43. The molecule has 2 N–H and O–H groups in total. The van der Waals surface area contributed by atoms with Crippen LogP contribution in [-0.2, 0) is 6.54 Å². The zero-order valence-electron chi connectivity index (χ0n) is 14.3. The fourth-order valence-corrected chi connectivity index (χ4v) is 3.08. The summed E-state index contributed by atoms with van der Waals surface area (Å²) in [6, 6.07) is 6.14. The number of ether oxygens (including phenoxy) is 1. The van der Waals surface area contributed by atoms with E-state index in [1.165, 1.54) is 18.2 Å². The predicted octanol–water partition coefficient (Wildman–Crippen LogP) is 3.41. The highest BCUT2D eigenvalue weighted by Crippen LogP contribution is 2.24. The van der Waals surface area contributed by atoms with Gasteiger partial charge < -0.3 is 15.4 Å². The molecule has 0 bridgehead atoms. The summed E-state index contributed by atoms with van der Waals surface area (Å²) < 4.78 is 31.2. The summed E-state index contributed by atoms with van der Waals surface area (Å²) in [5.74, 6) is -0.418. The van der Waals surface area contributed by atoms with E-state index >= 15 is 0 Å². The number of piperidine rings is 1. The molecule has 1 aliphatic heterocycles. The highest BCUT2D eigenvalue weighted by Gasteiger charge is 2.18. The first-order valence-electron chi connectivity index (χ1n) is 8.30. The van der Waals surface area contributed by atoms with E-state index in [1.54, 1.807) is 16.9 Å². The standard InChI is InChI=1S/C17H19ClF2N4O2.ClH/c18-12-3-4-15(26-17(19)20)11(8-12)9-22-16(25)14-5-7-24(23-14)13-2-1-6-21-10-13;/h3-5,7-8,13,17,21H,1-2,6,9-10H2,(H,22,25);1H. The number of nitrogens with one attached hydrogen (secondary N) is 2. The summed E-state index contributed by atoms with van der Waals surface area (Å²) in [6.45, 7) is -1.14. The van der Waals surface area contributed by atoms with Gasteiger partial charge in [0, 0.05) is 29.9 Å². The van der Waals surface area contributed by atoms with Crippen molar-refractivity contribution in [3.05, 3.63) is 46.7 Å². The van der Waals surface area contributed by atoms with Crippen LogP contribution < -0.4 is 15.4 Å². The second-order valence-electron chi connectivity index (χ2n) is 5.99. The summed E-state index contributed by atoms with van der Waals surface area (Å²) in [5, 5.41) is 10.6. The number of aromatic nitrogens is 2. The summed E-state index contributed by atoms with van der Waals surface area (Å²) in [4.78, 5) is 12.3. The van der Waals surface area contributed by atoms with Crippen LogP contribution in [0.25, 0.3) is 0 Å². The van der Waals surface area contributed by atoms with Gasteiger partial charge in [-0.1, -0.05) is 11.6 Å². The molecule has 1 fully saturated rings. The Morgan fingerprint density at radius 2 is 2.26 bits per heavy atom. The molecule has 6 nitrogen and oxygen atoms in total. The van der Waals surface area contributed by atoms with Crippen LogP contribution in [0.5, 0.6) is 5.75 Å². The highest BCUT2D eigenvalue weighted by molar-refractivity contribution is 6.30. The molecule has 2 heterocycles. The summed E-state index contributed by atoms with van der Waals surface area (Å²) >= 11 is 5.90. The van der Waals surface area contributed by atoms with Crippen LogP contribution in [0.2, 0.25) is 5.02 Å². The monoisotopic (exact) mass is 420 g/mol. The molecule has 148 valence electrons. The third kappa shape index (κ3) is 5.79. The Bertz CT molecular complexity index is 767. The number of alkyl halides is 2. The quantitative estimate of drug-likeness (QED) is 0.750. The Balaban J connectivity index is 0.00000261. The molecular formula is C17H20Cl2F2N4O2. The lowest BCUT2D eigenvalue weighted by molar-refractivity contribution is -0.0504. The molecule has 1 atom stereocenters. The molecule has 3 rings (SSSR count). The van der Waals surface area contributed by atoms with E-state index in [0.717, 1.165) is 25.9 Å². The zero-order valence-corrected chi connectivity index (χ0v) is 15.9. The number of benzene rings is 1. The van der Waals surface area contributed by atoms with E-state index in [-0.39, 0.29) is 36.4 Å². The van der Waals surface area contributed by atoms with Crippen molar-refractivity contribution in [3.63, 3.8) is 0 Å². The second kappa shape index (κ2) is 9.87. The number of nitrogens with zero attached hydrogens (tertiary/aromatic N) is 2. The van der Waals surface area contributed by atoms with Gasteiger partial charge in [-0.3, -0.25) is 9.48 Å². The molecule has 10 heteroatoms. The van der Waals surface area contributed by atoms with Crippen molar-refractivity contribution in [3.8, 4) is 5.75 Å². The van der Waals surface area contributed by atoms with Crippen molar-refractivity contribution in [1.29, 1.82) is 0 Å². The SMILES string of the molecule is Cl.O=C(NCc1cc(Cl)ccc1OC(F)F)c1ccn(C2CCCNC2)n1. The van der Waals surface area contributed by atoms with Crippen molar-refractivity contribution in [1.82, 2.24) is 20.4 Å². The molecular weight excluding hydrogens is 401 g/mol. The van der Waals surface area contributed by atoms with E-state index in [2.05, 4.69) is 20.5 Å². The topological polar surface area (TPSA) is 68.2 Å². The minimum Gasteiger partial charge on any atom is -0.434 e. The lowest BCUT2D eigenvalue weighted by Gasteiger charge is -2.22. The summed E-state index contributed by atoms with van der Waals surface area (Å²) in [7, 11) is 0. The van der Waals surface area contributed by atoms with Gasteiger partial charge in [-0.25, -0.2) is 0 Å². The van der Waals surface area contributed by atoms with Gasteiger partial charge in [0.1, 0.15) is 11.4 Å². The van der Waals surface area contributed by atoms with E-state index < -0.39 is 12.5 Å². The van der Waals surface area contributed by atoms with Crippen molar-refractivity contribution in [2.45, 2.75) is 32.0 Å². The zero-order chi connectivity index (χ0) is 18.5. The molecule has 27 heavy (non-hydrogen) atoms. The van der Waals surface area contributed by atoms with Gasteiger partial charge in [0.15, 0.2) is 0 Å². The first-order chi connectivity index (χ1) is 12.5. The fraction of sp³-hybridized carbons (Fsp3) is 0.412. The highest BCUT2D eigenvalue weighted by atomic mass is 35.5. The van der Waals surface area contributed by atoms with Gasteiger partial charge in [-0.15, -0.1) is 12.4 Å². The molecule has 0 spiro atoms. The lowest BCUT2D eigenvalue weighted by atomic mass is 10.1. The van der Waals surface area contributed by atoms with Crippen molar-refractivity contribution in [2.75, 3.05) is 13.1 Å². The van der Waals surface area contributed by atoms with Crippen LogP contribution in [0.4, 0.5) is 8.78 Å². The first-order valence-corrected chi connectivity index (χ1v) is 8.68. The fourth-order valence-electron chi connectivity index (χ4n) is 2.88. The Morgan fingerprint density at radius 1 is 1.44 bits per heavy atom. The van der Waals surface area contributed by atoms with E-state index in [4.69, 9.17) is 11.6 Å². The number of hydrogen-bond acceptors (Lipinski definition) is 4. The number of halogens is 4. The molecule has 0 aliphatic carbocycles. The Morgan fingerprint density at radius 3 is 2.96 bits per heavy atom. The summed E-state index contributed by atoms with van der Waals surface area (Å²) in [5.41, 5.74) is 0.635. The van der Waals surface area contributed by atoms with Gasteiger partial charge in [-0.05, 0) is 43.7 Å². The van der Waals surface area contributed by atoms with Gasteiger partial charge in [0.25, 0.3) is 5.91 Å². The van der Waals surface area contributed by atoms with E-state index in [1.807, 2.05) is 0 Å². The molecule has 1 amide bonds. The maximum atomic E-state index is 12.5. The van der Waals surface area contributed by atoms with E-state index in [9.17, 15) is 13.6 Å². The maximum absolute atomic E-state index is 12.5. The molecule has 1 aromatic carbocycles. The third-order valence-electron chi connectivity index (χ3n) is 4.16. The molecule has 1 aliphatic rings. The maximum Gasteiger partial charge on any atom is 0.387 e. The van der Waals surface area contributed by atoms with Crippen molar-refractivity contribution < 1.29 is 18.3 Å². The minimum absolute atomic E-state index is 0. The Labute approximate surface area is 166 Å². The van der Waals surface area contributed by atoms with Crippen LogP contribution in [-0.4, -0.2) is 35.4 Å². The number of carbonyl (C=O) groups excluding carboxylic acids is 1.